The van der Waals surface area contributed by atoms with Crippen molar-refractivity contribution < 1.29 is 4.79 Å². The molecule has 1 aliphatic heterocycles. The Labute approximate surface area is 138 Å². The zero-order valence-corrected chi connectivity index (χ0v) is 13.9. The van der Waals surface area contributed by atoms with Gasteiger partial charge in [-0.2, -0.15) is 0 Å². The number of likely N-dealkylation sites (tertiary alicyclic amines) is 1. The number of amides is 1. The van der Waals surface area contributed by atoms with Crippen LogP contribution >= 0.6 is 12.4 Å². The van der Waals surface area contributed by atoms with Crippen molar-refractivity contribution in [1.82, 2.24) is 4.90 Å². The summed E-state index contributed by atoms with van der Waals surface area (Å²) in [5, 5.41) is 2.80. The van der Waals surface area contributed by atoms with E-state index in [1.807, 2.05) is 12.1 Å². The van der Waals surface area contributed by atoms with Crippen molar-refractivity contribution in [3.63, 3.8) is 0 Å². The minimum Gasteiger partial charge on any atom is -0.327 e. The molecule has 0 radical (unpaired) electrons. The van der Waals surface area contributed by atoms with Crippen LogP contribution in [-0.2, 0) is 11.3 Å². The van der Waals surface area contributed by atoms with E-state index < -0.39 is 0 Å². The number of hydrogen-bond acceptors (Lipinski definition) is 3. The van der Waals surface area contributed by atoms with Gasteiger partial charge in [-0.25, -0.2) is 0 Å². The number of fused-ring (bicyclic) bond motifs is 1. The summed E-state index contributed by atoms with van der Waals surface area (Å²) < 4.78 is 0. The van der Waals surface area contributed by atoms with Gasteiger partial charge in [0.15, 0.2) is 0 Å². The second-order valence-electron chi connectivity index (χ2n) is 6.59. The van der Waals surface area contributed by atoms with E-state index >= 15 is 0 Å². The minimum atomic E-state index is -0.0274. The lowest BCUT2D eigenvalue weighted by Crippen LogP contribution is -2.38. The molecule has 1 saturated heterocycles. The lowest BCUT2D eigenvalue weighted by molar-refractivity contribution is -0.114. The van der Waals surface area contributed by atoms with Crippen LogP contribution in [0.25, 0.3) is 0 Å². The zero-order chi connectivity index (χ0) is 14.8. The molecular weight excluding hydrogens is 298 g/mol. The van der Waals surface area contributed by atoms with Gasteiger partial charge in [0.25, 0.3) is 0 Å². The van der Waals surface area contributed by atoms with Crippen LogP contribution in [0, 0.1) is 11.8 Å². The number of rotatable bonds is 3. The average molecular weight is 324 g/mol. The fraction of sp³-hybridized carbons (Fsp3) is 0.588. The lowest BCUT2D eigenvalue weighted by atomic mass is 9.78. The fourth-order valence-electron chi connectivity index (χ4n) is 3.89. The molecule has 0 spiro atoms. The van der Waals surface area contributed by atoms with Crippen LogP contribution < -0.4 is 11.1 Å². The van der Waals surface area contributed by atoms with E-state index in [0.29, 0.717) is 12.0 Å². The van der Waals surface area contributed by atoms with Crippen LogP contribution in [0.5, 0.6) is 0 Å². The van der Waals surface area contributed by atoms with Crippen molar-refractivity contribution in [2.45, 2.75) is 38.8 Å². The predicted octanol–water partition coefficient (Wildman–Crippen LogP) is 2.63. The largest absolute Gasteiger partial charge is 0.327 e. The molecule has 1 heterocycles. The van der Waals surface area contributed by atoms with E-state index in [1.54, 1.807) is 0 Å². The van der Waals surface area contributed by atoms with E-state index in [-0.39, 0.29) is 18.3 Å². The van der Waals surface area contributed by atoms with Gasteiger partial charge < -0.3 is 11.1 Å². The van der Waals surface area contributed by atoms with Gasteiger partial charge in [0.1, 0.15) is 0 Å². The van der Waals surface area contributed by atoms with E-state index in [0.717, 1.165) is 24.7 Å². The van der Waals surface area contributed by atoms with Crippen molar-refractivity contribution in [1.29, 1.82) is 0 Å². The molecule has 1 aliphatic carbocycles. The van der Waals surface area contributed by atoms with E-state index in [1.165, 1.54) is 38.3 Å². The molecule has 2 aliphatic rings. The molecular formula is C17H26ClN3O. The van der Waals surface area contributed by atoms with Crippen LogP contribution in [0.1, 0.15) is 31.7 Å². The summed E-state index contributed by atoms with van der Waals surface area (Å²) in [4.78, 5) is 13.6. The summed E-state index contributed by atoms with van der Waals surface area (Å²) in [5.74, 6) is 1.46. The van der Waals surface area contributed by atoms with Crippen molar-refractivity contribution in [2.75, 3.05) is 18.4 Å². The maximum atomic E-state index is 11.0. The summed E-state index contributed by atoms with van der Waals surface area (Å²) in [7, 11) is 0. The number of benzene rings is 1. The molecule has 0 aromatic heterocycles. The number of carbonyl (C=O) groups is 1. The topological polar surface area (TPSA) is 58.4 Å². The highest BCUT2D eigenvalue weighted by Gasteiger charge is 2.38. The number of carbonyl (C=O) groups excluding carboxylic acids is 1. The highest BCUT2D eigenvalue weighted by atomic mass is 35.5. The Morgan fingerprint density at radius 2 is 2.00 bits per heavy atom. The van der Waals surface area contributed by atoms with Crippen LogP contribution in [0.15, 0.2) is 24.3 Å². The molecule has 1 amide bonds. The van der Waals surface area contributed by atoms with Gasteiger partial charge in [-0.3, -0.25) is 9.69 Å². The summed E-state index contributed by atoms with van der Waals surface area (Å²) >= 11 is 0. The van der Waals surface area contributed by atoms with Gasteiger partial charge in [0.05, 0.1) is 0 Å². The normalized spacial score (nSPS) is 27.8. The van der Waals surface area contributed by atoms with Crippen molar-refractivity contribution in [3.05, 3.63) is 29.8 Å². The Hall–Kier alpha value is -1.10. The first-order valence-corrected chi connectivity index (χ1v) is 7.96. The predicted molar refractivity (Wildman–Crippen MR) is 92.1 cm³/mol. The third-order valence-corrected chi connectivity index (χ3v) is 4.91. The molecule has 3 N–H and O–H groups in total. The number of hydrogen-bond donors (Lipinski definition) is 2. The quantitative estimate of drug-likeness (QED) is 0.899. The maximum absolute atomic E-state index is 11.0. The number of anilines is 1. The minimum absolute atomic E-state index is 0. The molecule has 4 nitrogen and oxygen atoms in total. The Balaban J connectivity index is 0.00000176. The van der Waals surface area contributed by atoms with E-state index in [2.05, 4.69) is 22.3 Å². The van der Waals surface area contributed by atoms with Gasteiger partial charge in [0, 0.05) is 38.3 Å². The molecule has 122 valence electrons. The third-order valence-electron chi connectivity index (χ3n) is 4.91. The first-order valence-electron chi connectivity index (χ1n) is 7.96. The number of nitrogens with one attached hydrogen (secondary N) is 1. The van der Waals surface area contributed by atoms with E-state index in [4.69, 9.17) is 5.73 Å². The molecule has 5 heteroatoms. The first kappa shape index (κ1) is 17.3. The Bertz CT molecular complexity index is 505. The molecule has 2 fully saturated rings. The molecule has 3 atom stereocenters. The molecule has 1 aromatic carbocycles. The summed E-state index contributed by atoms with van der Waals surface area (Å²) in [6.45, 7) is 4.84. The van der Waals surface area contributed by atoms with Gasteiger partial charge in [-0.1, -0.05) is 18.6 Å². The van der Waals surface area contributed by atoms with Crippen LogP contribution in [0.4, 0.5) is 5.69 Å². The second-order valence-corrected chi connectivity index (χ2v) is 6.59. The number of nitrogens with two attached hydrogens (primary N) is 1. The SMILES string of the molecule is CC(=O)Nc1ccc(CN2CC3CCCC(N)C3C2)cc1.Cl. The molecule has 22 heavy (non-hydrogen) atoms. The summed E-state index contributed by atoms with van der Waals surface area (Å²) in [6.07, 6.45) is 3.83. The fourth-order valence-corrected chi connectivity index (χ4v) is 3.89. The number of nitrogens with zero attached hydrogens (tertiary/aromatic N) is 1. The zero-order valence-electron chi connectivity index (χ0n) is 13.1. The maximum Gasteiger partial charge on any atom is 0.221 e. The summed E-state index contributed by atoms with van der Waals surface area (Å²) in [5.41, 5.74) is 8.44. The summed E-state index contributed by atoms with van der Waals surface area (Å²) in [6, 6.07) is 8.56. The van der Waals surface area contributed by atoms with Crippen LogP contribution in [-0.4, -0.2) is 29.9 Å². The van der Waals surface area contributed by atoms with Gasteiger partial charge in [-0.05, 0) is 42.4 Å². The van der Waals surface area contributed by atoms with Crippen molar-refractivity contribution in [3.8, 4) is 0 Å². The molecule has 3 rings (SSSR count). The smallest absolute Gasteiger partial charge is 0.221 e. The molecule has 3 unspecified atom stereocenters. The Morgan fingerprint density at radius 1 is 1.27 bits per heavy atom. The van der Waals surface area contributed by atoms with Gasteiger partial charge in [0.2, 0.25) is 5.91 Å². The van der Waals surface area contributed by atoms with Crippen LogP contribution in [0.2, 0.25) is 0 Å². The Kier molecular flexibility index (Phi) is 5.84. The number of halogens is 1. The first-order chi connectivity index (χ1) is 10.1. The van der Waals surface area contributed by atoms with Gasteiger partial charge in [-0.15, -0.1) is 12.4 Å². The van der Waals surface area contributed by atoms with Crippen LogP contribution in [0.3, 0.4) is 0 Å². The second kappa shape index (κ2) is 7.44. The molecule has 1 aromatic rings. The molecule has 0 bridgehead atoms. The standard InChI is InChI=1S/C17H25N3O.ClH/c1-12(21)19-15-7-5-13(6-8-15)9-20-10-14-3-2-4-17(18)16(14)11-20;/h5-8,14,16-17H,2-4,9-11,18H2,1H3,(H,19,21);1H. The van der Waals surface area contributed by atoms with E-state index in [9.17, 15) is 4.79 Å². The van der Waals surface area contributed by atoms with Crippen molar-refractivity contribution in [2.24, 2.45) is 17.6 Å². The molecule has 1 saturated carbocycles. The third kappa shape index (κ3) is 4.00. The highest BCUT2D eigenvalue weighted by Crippen LogP contribution is 2.36. The lowest BCUT2D eigenvalue weighted by Gasteiger charge is -2.29. The van der Waals surface area contributed by atoms with Crippen molar-refractivity contribution >= 4 is 24.0 Å². The van der Waals surface area contributed by atoms with Gasteiger partial charge >= 0.3 is 0 Å². The monoisotopic (exact) mass is 323 g/mol. The average Bonchev–Trinajstić information content (AvgIpc) is 2.84. The Morgan fingerprint density at radius 3 is 2.64 bits per heavy atom. The highest BCUT2D eigenvalue weighted by molar-refractivity contribution is 5.88.